The van der Waals surface area contributed by atoms with Crippen molar-refractivity contribution in [2.24, 2.45) is 0 Å². The lowest BCUT2D eigenvalue weighted by Crippen LogP contribution is -2.38. The van der Waals surface area contributed by atoms with Crippen LogP contribution >= 0.6 is 0 Å². The summed E-state index contributed by atoms with van der Waals surface area (Å²) in [7, 11) is 0. The highest BCUT2D eigenvalue weighted by molar-refractivity contribution is 5.94. The predicted octanol–water partition coefficient (Wildman–Crippen LogP) is 3.48. The number of hydrogen-bond donors (Lipinski definition) is 2. The van der Waals surface area contributed by atoms with Crippen LogP contribution in [0, 0.1) is 11.6 Å². The molecule has 0 aromatic heterocycles. The maximum absolute atomic E-state index is 13.5. The van der Waals surface area contributed by atoms with E-state index in [0.29, 0.717) is 17.9 Å². The zero-order valence-electron chi connectivity index (χ0n) is 13.6. The molecule has 2 aromatic rings. The van der Waals surface area contributed by atoms with Crippen molar-refractivity contribution < 1.29 is 18.3 Å². The third kappa shape index (κ3) is 5.03. The van der Waals surface area contributed by atoms with Crippen LogP contribution < -0.4 is 15.4 Å². The number of carbonyl (C=O) groups excluding carboxylic acids is 1. The van der Waals surface area contributed by atoms with Gasteiger partial charge in [-0.3, -0.25) is 4.79 Å². The Kier molecular flexibility index (Phi) is 6.26. The Hall–Kier alpha value is -2.47. The van der Waals surface area contributed by atoms with Crippen molar-refractivity contribution in [1.29, 1.82) is 0 Å². The Morgan fingerprint density at radius 1 is 1.17 bits per heavy atom. The zero-order chi connectivity index (χ0) is 17.5. The van der Waals surface area contributed by atoms with Crippen molar-refractivity contribution in [3.63, 3.8) is 0 Å². The molecular weight excluding hydrogens is 314 g/mol. The van der Waals surface area contributed by atoms with Crippen molar-refractivity contribution in [2.45, 2.75) is 19.9 Å². The van der Waals surface area contributed by atoms with Crippen LogP contribution in [0.4, 0.5) is 8.78 Å². The van der Waals surface area contributed by atoms with Crippen LogP contribution in [0.1, 0.15) is 24.2 Å². The fraction of sp³-hybridized carbons (Fsp3) is 0.278. The molecule has 1 amide bonds. The first-order valence-corrected chi connectivity index (χ1v) is 7.74. The van der Waals surface area contributed by atoms with E-state index >= 15 is 0 Å². The van der Waals surface area contributed by atoms with E-state index in [-0.39, 0.29) is 17.7 Å². The average molecular weight is 334 g/mol. The van der Waals surface area contributed by atoms with Crippen LogP contribution in [0.3, 0.4) is 0 Å². The molecule has 0 aliphatic carbocycles. The van der Waals surface area contributed by atoms with E-state index in [4.69, 9.17) is 4.74 Å². The summed E-state index contributed by atoms with van der Waals surface area (Å²) in [5.74, 6) is -1.36. The van der Waals surface area contributed by atoms with Crippen LogP contribution in [0.2, 0.25) is 0 Å². The number of benzene rings is 2. The molecule has 0 unspecified atom stereocenters. The summed E-state index contributed by atoms with van der Waals surface area (Å²) in [6, 6.07) is 9.56. The molecule has 0 saturated carbocycles. The molecule has 0 aliphatic heterocycles. The van der Waals surface area contributed by atoms with E-state index in [1.54, 1.807) is 24.3 Å². The van der Waals surface area contributed by atoms with Gasteiger partial charge in [-0.1, -0.05) is 6.92 Å². The topological polar surface area (TPSA) is 50.4 Å². The van der Waals surface area contributed by atoms with Crippen LogP contribution in [0.15, 0.2) is 42.5 Å². The lowest BCUT2D eigenvalue weighted by molar-refractivity contribution is 0.0950. The number of carbonyl (C=O) groups is 1. The Morgan fingerprint density at radius 3 is 2.50 bits per heavy atom. The molecule has 2 N–H and O–H groups in total. The van der Waals surface area contributed by atoms with Crippen LogP contribution in [-0.2, 0) is 0 Å². The van der Waals surface area contributed by atoms with Gasteiger partial charge in [-0.15, -0.1) is 0 Å². The first-order valence-electron chi connectivity index (χ1n) is 7.74. The van der Waals surface area contributed by atoms with Crippen molar-refractivity contribution in [3.8, 4) is 11.5 Å². The summed E-state index contributed by atoms with van der Waals surface area (Å²) in [6.07, 6.45) is 0. The lowest BCUT2D eigenvalue weighted by Gasteiger charge is -2.13. The molecule has 4 nitrogen and oxygen atoms in total. The van der Waals surface area contributed by atoms with E-state index in [0.717, 1.165) is 18.7 Å². The smallest absolute Gasteiger partial charge is 0.251 e. The Labute approximate surface area is 139 Å². The van der Waals surface area contributed by atoms with Gasteiger partial charge in [0.15, 0.2) is 11.6 Å². The van der Waals surface area contributed by atoms with E-state index in [9.17, 15) is 13.6 Å². The lowest BCUT2D eigenvalue weighted by atomic mass is 10.2. The molecule has 0 fully saturated rings. The van der Waals surface area contributed by atoms with Crippen molar-refractivity contribution in [2.75, 3.05) is 13.1 Å². The summed E-state index contributed by atoms with van der Waals surface area (Å²) < 4.78 is 31.8. The number of halogens is 2. The van der Waals surface area contributed by atoms with Gasteiger partial charge in [0.2, 0.25) is 0 Å². The van der Waals surface area contributed by atoms with Gasteiger partial charge in [-0.25, -0.2) is 8.78 Å². The highest BCUT2D eigenvalue weighted by Gasteiger charge is 2.09. The summed E-state index contributed by atoms with van der Waals surface area (Å²) in [5.41, 5.74) is 0.477. The molecule has 0 heterocycles. The molecule has 0 aliphatic rings. The molecule has 2 aromatic carbocycles. The van der Waals surface area contributed by atoms with E-state index in [2.05, 4.69) is 10.6 Å². The molecule has 1 atom stereocenters. The van der Waals surface area contributed by atoms with Gasteiger partial charge in [0.1, 0.15) is 11.6 Å². The van der Waals surface area contributed by atoms with Gasteiger partial charge in [0.25, 0.3) is 5.91 Å². The average Bonchev–Trinajstić information content (AvgIpc) is 2.56. The Morgan fingerprint density at radius 2 is 1.88 bits per heavy atom. The maximum Gasteiger partial charge on any atom is 0.251 e. The van der Waals surface area contributed by atoms with Gasteiger partial charge in [-0.05, 0) is 49.9 Å². The van der Waals surface area contributed by atoms with Crippen molar-refractivity contribution >= 4 is 5.91 Å². The number of rotatable bonds is 7. The third-order valence-corrected chi connectivity index (χ3v) is 3.36. The Bertz CT molecular complexity index is 690. The third-order valence-electron chi connectivity index (χ3n) is 3.36. The quantitative estimate of drug-likeness (QED) is 0.815. The molecule has 0 saturated heterocycles. The van der Waals surface area contributed by atoms with E-state index in [1.165, 1.54) is 6.07 Å². The molecule has 0 spiro atoms. The monoisotopic (exact) mass is 334 g/mol. The Balaban J connectivity index is 1.96. The first kappa shape index (κ1) is 17.9. The minimum Gasteiger partial charge on any atom is -0.454 e. The first-order chi connectivity index (χ1) is 11.5. The van der Waals surface area contributed by atoms with Gasteiger partial charge >= 0.3 is 0 Å². The zero-order valence-corrected chi connectivity index (χ0v) is 13.6. The van der Waals surface area contributed by atoms with Crippen molar-refractivity contribution in [1.82, 2.24) is 10.6 Å². The summed E-state index contributed by atoms with van der Waals surface area (Å²) in [5, 5.41) is 6.03. The molecule has 0 radical (unpaired) electrons. The number of nitrogens with one attached hydrogen (secondary N) is 2. The highest BCUT2D eigenvalue weighted by atomic mass is 19.1. The standard InChI is InChI=1S/C18H20F2N2O2/c1-3-21-12(2)11-22-18(23)13-4-7-15(8-5-13)24-17-9-6-14(19)10-16(17)20/h4-10,12,21H,3,11H2,1-2H3,(H,22,23)/t12-/m1/s1. The van der Waals surface area contributed by atoms with Gasteiger partial charge in [0, 0.05) is 24.2 Å². The van der Waals surface area contributed by atoms with Gasteiger partial charge in [0.05, 0.1) is 0 Å². The van der Waals surface area contributed by atoms with Crippen LogP contribution in [0.5, 0.6) is 11.5 Å². The number of ether oxygens (including phenoxy) is 1. The maximum atomic E-state index is 13.5. The summed E-state index contributed by atoms with van der Waals surface area (Å²) in [4.78, 5) is 12.0. The van der Waals surface area contributed by atoms with Gasteiger partial charge in [-0.2, -0.15) is 0 Å². The van der Waals surface area contributed by atoms with E-state index in [1.807, 2.05) is 13.8 Å². The van der Waals surface area contributed by atoms with Crippen LogP contribution in [-0.4, -0.2) is 25.0 Å². The van der Waals surface area contributed by atoms with Crippen molar-refractivity contribution in [3.05, 3.63) is 59.7 Å². The largest absolute Gasteiger partial charge is 0.454 e. The molecular formula is C18H20F2N2O2. The second-order valence-corrected chi connectivity index (χ2v) is 5.37. The minimum absolute atomic E-state index is 0.0759. The second-order valence-electron chi connectivity index (χ2n) is 5.37. The fourth-order valence-corrected chi connectivity index (χ4v) is 2.13. The summed E-state index contributed by atoms with van der Waals surface area (Å²) in [6.45, 7) is 5.34. The number of amides is 1. The molecule has 2 rings (SSSR count). The molecule has 128 valence electrons. The molecule has 0 bridgehead atoms. The van der Waals surface area contributed by atoms with Gasteiger partial charge < -0.3 is 15.4 Å². The predicted molar refractivity (Wildman–Crippen MR) is 88.3 cm³/mol. The summed E-state index contributed by atoms with van der Waals surface area (Å²) >= 11 is 0. The SMILES string of the molecule is CCN[C@H](C)CNC(=O)c1ccc(Oc2ccc(F)cc2F)cc1. The molecule has 24 heavy (non-hydrogen) atoms. The number of hydrogen-bond acceptors (Lipinski definition) is 3. The molecule has 6 heteroatoms. The van der Waals surface area contributed by atoms with E-state index < -0.39 is 11.6 Å². The fourth-order valence-electron chi connectivity index (χ4n) is 2.13. The highest BCUT2D eigenvalue weighted by Crippen LogP contribution is 2.25. The number of likely N-dealkylation sites (N-methyl/N-ethyl adjacent to an activating group) is 1. The minimum atomic E-state index is -0.783. The normalized spacial score (nSPS) is 11.8. The second kappa shape index (κ2) is 8.40. The van der Waals surface area contributed by atoms with Crippen LogP contribution in [0.25, 0.3) is 0 Å².